The zero-order valence-electron chi connectivity index (χ0n) is 15.1. The molecular formula is C19H22ClN4O3+. The second-order valence-corrected chi connectivity index (χ2v) is 6.89. The van der Waals surface area contributed by atoms with Gasteiger partial charge in [-0.15, -0.1) is 0 Å². The van der Waals surface area contributed by atoms with Crippen LogP contribution in [-0.4, -0.2) is 43.6 Å². The van der Waals surface area contributed by atoms with Gasteiger partial charge in [-0.2, -0.15) is 0 Å². The maximum absolute atomic E-state index is 12.6. The van der Waals surface area contributed by atoms with E-state index in [-0.39, 0.29) is 11.6 Å². The summed E-state index contributed by atoms with van der Waals surface area (Å²) in [6, 6.07) is 11.0. The molecule has 27 heavy (non-hydrogen) atoms. The highest BCUT2D eigenvalue weighted by atomic mass is 35.5. The van der Waals surface area contributed by atoms with Crippen molar-refractivity contribution in [3.05, 3.63) is 63.2 Å². The number of anilines is 2. The van der Waals surface area contributed by atoms with Crippen LogP contribution < -0.4 is 15.1 Å². The molecule has 1 amide bonds. The first-order chi connectivity index (χ1) is 13.0. The van der Waals surface area contributed by atoms with Crippen molar-refractivity contribution in [3.8, 4) is 0 Å². The lowest BCUT2D eigenvalue weighted by Gasteiger charge is -2.34. The van der Waals surface area contributed by atoms with Crippen LogP contribution in [0.2, 0.25) is 5.02 Å². The fraction of sp³-hybridized carbons (Fsp3) is 0.316. The van der Waals surface area contributed by atoms with Crippen LogP contribution in [0.4, 0.5) is 17.1 Å². The van der Waals surface area contributed by atoms with Gasteiger partial charge in [-0.25, -0.2) is 0 Å². The lowest BCUT2D eigenvalue weighted by Crippen LogP contribution is -3.14. The van der Waals surface area contributed by atoms with E-state index in [4.69, 9.17) is 11.6 Å². The van der Waals surface area contributed by atoms with Crippen molar-refractivity contribution in [1.29, 1.82) is 0 Å². The van der Waals surface area contributed by atoms with Crippen LogP contribution in [0, 0.1) is 10.1 Å². The Bertz CT molecular complexity index is 833. The van der Waals surface area contributed by atoms with Gasteiger partial charge in [0.05, 0.1) is 54.0 Å². The van der Waals surface area contributed by atoms with Gasteiger partial charge >= 0.3 is 0 Å². The lowest BCUT2D eigenvalue weighted by atomic mass is 10.1. The van der Waals surface area contributed by atoms with Crippen molar-refractivity contribution < 1.29 is 14.6 Å². The Hall–Kier alpha value is -2.64. The van der Waals surface area contributed by atoms with Crippen molar-refractivity contribution in [3.63, 3.8) is 0 Å². The summed E-state index contributed by atoms with van der Waals surface area (Å²) in [6.07, 6.45) is 0. The molecule has 0 bridgehead atoms. The lowest BCUT2D eigenvalue weighted by molar-refractivity contribution is -0.898. The molecule has 0 radical (unpaired) electrons. The van der Waals surface area contributed by atoms with Crippen LogP contribution in [0.1, 0.15) is 17.3 Å². The molecule has 142 valence electrons. The smallest absolute Gasteiger partial charge is 0.269 e. The zero-order chi connectivity index (χ0) is 19.4. The Morgan fingerprint density at radius 2 is 1.89 bits per heavy atom. The van der Waals surface area contributed by atoms with Crippen LogP contribution in [0.25, 0.3) is 0 Å². The SMILES string of the molecule is CC[NH+]1CCN(c2c(Cl)cccc2NC(=O)c2ccc([N+](=O)[O-])cc2)CC1. The van der Waals surface area contributed by atoms with E-state index in [0.29, 0.717) is 16.3 Å². The number of nitrogens with one attached hydrogen (secondary N) is 2. The first kappa shape index (κ1) is 19.1. The average molecular weight is 390 g/mol. The third-order valence-corrected chi connectivity index (χ3v) is 5.17. The van der Waals surface area contributed by atoms with Crippen LogP contribution in [0.15, 0.2) is 42.5 Å². The summed E-state index contributed by atoms with van der Waals surface area (Å²) in [4.78, 5) is 26.6. The van der Waals surface area contributed by atoms with E-state index in [9.17, 15) is 14.9 Å². The van der Waals surface area contributed by atoms with Crippen molar-refractivity contribution in [2.24, 2.45) is 0 Å². The minimum atomic E-state index is -0.491. The van der Waals surface area contributed by atoms with Gasteiger partial charge in [0.15, 0.2) is 0 Å². The van der Waals surface area contributed by atoms with Gasteiger partial charge in [-0.1, -0.05) is 17.7 Å². The third kappa shape index (κ3) is 4.37. The van der Waals surface area contributed by atoms with Gasteiger partial charge in [0, 0.05) is 17.7 Å². The summed E-state index contributed by atoms with van der Waals surface area (Å²) >= 11 is 6.44. The molecule has 0 aromatic heterocycles. The van der Waals surface area contributed by atoms with Crippen LogP contribution >= 0.6 is 11.6 Å². The highest BCUT2D eigenvalue weighted by Crippen LogP contribution is 2.34. The molecule has 0 aliphatic carbocycles. The van der Waals surface area contributed by atoms with E-state index in [1.807, 2.05) is 12.1 Å². The third-order valence-electron chi connectivity index (χ3n) is 4.86. The number of halogens is 1. The maximum Gasteiger partial charge on any atom is 0.269 e. The quantitative estimate of drug-likeness (QED) is 0.607. The summed E-state index contributed by atoms with van der Waals surface area (Å²) in [6.45, 7) is 7.06. The number of nitro groups is 1. The number of para-hydroxylation sites is 1. The van der Waals surface area contributed by atoms with E-state index in [0.717, 1.165) is 38.4 Å². The predicted octanol–water partition coefficient (Wildman–Crippen LogP) is 2.23. The number of benzene rings is 2. The number of hydrogen-bond donors (Lipinski definition) is 2. The van der Waals surface area contributed by atoms with Crippen LogP contribution in [-0.2, 0) is 0 Å². The summed E-state index contributed by atoms with van der Waals surface area (Å²) in [5, 5.41) is 14.2. The molecule has 1 fully saturated rings. The highest BCUT2D eigenvalue weighted by Gasteiger charge is 2.23. The normalized spacial score (nSPS) is 14.8. The number of carbonyl (C=O) groups is 1. The van der Waals surface area contributed by atoms with Gasteiger partial charge < -0.3 is 15.1 Å². The Morgan fingerprint density at radius 3 is 2.48 bits per heavy atom. The minimum absolute atomic E-state index is 0.0497. The minimum Gasteiger partial charge on any atom is -0.357 e. The monoisotopic (exact) mass is 389 g/mol. The van der Waals surface area contributed by atoms with E-state index < -0.39 is 4.92 Å². The van der Waals surface area contributed by atoms with Gasteiger partial charge in [0.2, 0.25) is 0 Å². The number of amides is 1. The Labute approximate surface area is 162 Å². The molecule has 0 atom stereocenters. The average Bonchev–Trinajstić information content (AvgIpc) is 2.68. The maximum atomic E-state index is 12.6. The van der Waals surface area contributed by atoms with Crippen molar-refractivity contribution in [2.75, 3.05) is 42.9 Å². The number of carbonyl (C=O) groups excluding carboxylic acids is 1. The molecule has 0 unspecified atom stereocenters. The number of piperazine rings is 1. The molecule has 2 N–H and O–H groups in total. The molecule has 7 nitrogen and oxygen atoms in total. The summed E-state index contributed by atoms with van der Waals surface area (Å²) in [7, 11) is 0. The zero-order valence-corrected chi connectivity index (χ0v) is 15.8. The number of rotatable bonds is 5. The molecule has 8 heteroatoms. The Morgan fingerprint density at radius 1 is 1.22 bits per heavy atom. The fourth-order valence-corrected chi connectivity index (χ4v) is 3.56. The van der Waals surface area contributed by atoms with Gasteiger partial charge in [-0.05, 0) is 31.2 Å². The van der Waals surface area contributed by atoms with E-state index in [2.05, 4.69) is 17.1 Å². The second kappa shape index (κ2) is 8.37. The van der Waals surface area contributed by atoms with Crippen molar-refractivity contribution >= 4 is 34.6 Å². The van der Waals surface area contributed by atoms with Crippen molar-refractivity contribution in [1.82, 2.24) is 0 Å². The van der Waals surface area contributed by atoms with E-state index >= 15 is 0 Å². The standard InChI is InChI=1S/C19H21ClN4O3/c1-2-22-10-12-23(13-11-22)18-16(20)4-3-5-17(18)21-19(25)14-6-8-15(9-7-14)24(26)27/h3-9H,2,10-13H2,1H3,(H,21,25)/p+1. The van der Waals surface area contributed by atoms with Gasteiger partial charge in [0.1, 0.15) is 0 Å². The molecule has 1 aliphatic heterocycles. The largest absolute Gasteiger partial charge is 0.357 e. The first-order valence-corrected chi connectivity index (χ1v) is 9.30. The Balaban J connectivity index is 1.79. The molecule has 1 heterocycles. The van der Waals surface area contributed by atoms with Gasteiger partial charge in [0.25, 0.3) is 11.6 Å². The number of quaternary nitrogens is 1. The predicted molar refractivity (Wildman–Crippen MR) is 106 cm³/mol. The number of likely N-dealkylation sites (N-methyl/N-ethyl adjacent to an activating group) is 1. The van der Waals surface area contributed by atoms with Crippen molar-refractivity contribution in [2.45, 2.75) is 6.92 Å². The fourth-order valence-electron chi connectivity index (χ4n) is 3.27. The molecule has 2 aromatic rings. The molecule has 0 spiro atoms. The van der Waals surface area contributed by atoms with E-state index in [1.165, 1.54) is 24.3 Å². The molecule has 1 aliphatic rings. The number of hydrogen-bond acceptors (Lipinski definition) is 4. The number of non-ortho nitro benzene ring substituents is 1. The molecule has 0 saturated carbocycles. The highest BCUT2D eigenvalue weighted by molar-refractivity contribution is 6.34. The van der Waals surface area contributed by atoms with Crippen LogP contribution in [0.5, 0.6) is 0 Å². The van der Waals surface area contributed by atoms with Gasteiger partial charge in [-0.3, -0.25) is 14.9 Å². The Kier molecular flexibility index (Phi) is 5.93. The molecule has 3 rings (SSSR count). The first-order valence-electron chi connectivity index (χ1n) is 8.92. The summed E-state index contributed by atoms with van der Waals surface area (Å²) in [5.74, 6) is -0.328. The number of nitrogens with zero attached hydrogens (tertiary/aromatic N) is 2. The summed E-state index contributed by atoms with van der Waals surface area (Å²) in [5.41, 5.74) is 1.77. The molecular weight excluding hydrogens is 368 g/mol. The number of nitro benzene ring substituents is 1. The second-order valence-electron chi connectivity index (χ2n) is 6.48. The molecule has 2 aromatic carbocycles. The topological polar surface area (TPSA) is 79.9 Å². The van der Waals surface area contributed by atoms with Crippen LogP contribution in [0.3, 0.4) is 0 Å². The summed E-state index contributed by atoms with van der Waals surface area (Å²) < 4.78 is 0. The molecule has 1 saturated heterocycles. The van der Waals surface area contributed by atoms with E-state index in [1.54, 1.807) is 11.0 Å².